The fraction of sp³-hybridized carbons (Fsp3) is 0.595. The molecule has 5 heterocycles. The van der Waals surface area contributed by atoms with Crippen molar-refractivity contribution in [2.24, 2.45) is 5.92 Å². The molecular weight excluding hydrogens is 750 g/mol. The Bertz CT molecular complexity index is 2090. The third-order valence-electron chi connectivity index (χ3n) is 11.5. The summed E-state index contributed by atoms with van der Waals surface area (Å²) in [6.07, 6.45) is 0.239. The lowest BCUT2D eigenvalue weighted by Crippen LogP contribution is -2.62. The van der Waals surface area contributed by atoms with Crippen molar-refractivity contribution in [2.75, 3.05) is 18.8 Å². The summed E-state index contributed by atoms with van der Waals surface area (Å²) in [6, 6.07) is 1.56. The zero-order valence-corrected chi connectivity index (χ0v) is 31.4. The number of alkyl halides is 3. The zero-order valence-electron chi connectivity index (χ0n) is 30.6. The van der Waals surface area contributed by atoms with E-state index in [4.69, 9.17) is 9.47 Å². The van der Waals surface area contributed by atoms with Crippen LogP contribution in [0.3, 0.4) is 0 Å². The third-order valence-corrected chi connectivity index (χ3v) is 13.2. The van der Waals surface area contributed by atoms with Crippen LogP contribution in [0.15, 0.2) is 30.4 Å². The van der Waals surface area contributed by atoms with E-state index in [9.17, 15) is 45.2 Å². The van der Waals surface area contributed by atoms with E-state index in [0.29, 0.717) is 74.7 Å². The van der Waals surface area contributed by atoms with E-state index in [2.05, 4.69) is 15.6 Å². The Hall–Kier alpha value is -4.48. The van der Waals surface area contributed by atoms with Gasteiger partial charge in [-0.25, -0.2) is 26.9 Å². The van der Waals surface area contributed by atoms with Crippen molar-refractivity contribution in [3.63, 3.8) is 0 Å². The lowest BCUT2D eigenvalue weighted by atomic mass is 9.87. The van der Waals surface area contributed by atoms with Gasteiger partial charge in [0.1, 0.15) is 34.8 Å². The normalized spacial score (nSPS) is 29.5. The van der Waals surface area contributed by atoms with Crippen LogP contribution >= 0.6 is 0 Å². The number of carbonyl (C=O) groups excluding carboxylic acids is 4. The number of fused-ring (bicyclic) bond motifs is 5. The molecule has 55 heavy (non-hydrogen) atoms. The molecule has 5 unspecified atom stereocenters. The van der Waals surface area contributed by atoms with E-state index in [-0.39, 0.29) is 38.1 Å². The fourth-order valence-electron chi connectivity index (χ4n) is 8.11. The average Bonchev–Trinajstić information content (AvgIpc) is 3.67. The predicted octanol–water partition coefficient (Wildman–Crippen LogP) is 4.35. The van der Waals surface area contributed by atoms with Crippen molar-refractivity contribution in [1.82, 2.24) is 24.8 Å². The molecule has 13 nitrogen and oxygen atoms in total. The Morgan fingerprint density at radius 3 is 2.58 bits per heavy atom. The molecule has 1 saturated carbocycles. The molecule has 4 amide bonds. The first-order valence-corrected chi connectivity index (χ1v) is 20.0. The number of hydrogen-bond donors (Lipinski definition) is 2. The predicted molar refractivity (Wildman–Crippen MR) is 188 cm³/mol. The molecule has 18 heteroatoms. The maximum Gasteiger partial charge on any atom is 0.427 e. The number of carbonyl (C=O) groups is 4. The number of rotatable bonds is 3. The minimum atomic E-state index is -4.90. The maximum absolute atomic E-state index is 14.6. The van der Waals surface area contributed by atoms with E-state index < -0.39 is 80.6 Å². The fourth-order valence-corrected chi connectivity index (χ4v) is 9.19. The molecule has 5 aliphatic rings. The number of halogens is 4. The van der Waals surface area contributed by atoms with E-state index in [1.807, 2.05) is 6.08 Å². The molecule has 298 valence electrons. The summed E-state index contributed by atoms with van der Waals surface area (Å²) < 4.78 is 92.2. The molecule has 5 atom stereocenters. The topological polar surface area (TPSA) is 164 Å². The summed E-state index contributed by atoms with van der Waals surface area (Å²) in [4.78, 5) is 61.7. The van der Waals surface area contributed by atoms with Crippen LogP contribution < -0.4 is 15.4 Å². The van der Waals surface area contributed by atoms with Gasteiger partial charge in [0.15, 0.2) is 0 Å². The summed E-state index contributed by atoms with van der Waals surface area (Å²) >= 11 is 0. The number of pyridine rings is 1. The lowest BCUT2D eigenvalue weighted by Gasteiger charge is -2.36. The van der Waals surface area contributed by atoms with Gasteiger partial charge in [0, 0.05) is 29.4 Å². The monoisotopic (exact) mass is 793 g/mol. The molecule has 2 N–H and O–H groups in total. The molecule has 1 aromatic heterocycles. The summed E-state index contributed by atoms with van der Waals surface area (Å²) in [5.74, 6) is -3.03. The number of nitrogens with zero attached hydrogens (tertiary/aromatic N) is 3. The van der Waals surface area contributed by atoms with Gasteiger partial charge >= 0.3 is 12.3 Å². The molecular formula is C37H43F4N5O8S. The van der Waals surface area contributed by atoms with Gasteiger partial charge in [-0.05, 0) is 71.4 Å². The van der Waals surface area contributed by atoms with Crippen LogP contribution in [-0.2, 0) is 35.6 Å². The van der Waals surface area contributed by atoms with Crippen molar-refractivity contribution in [3.05, 3.63) is 47.4 Å². The second-order valence-electron chi connectivity index (χ2n) is 15.8. The summed E-state index contributed by atoms with van der Waals surface area (Å²) in [5, 5.41) is 5.83. The first-order valence-electron chi connectivity index (χ1n) is 18.4. The average molecular weight is 794 g/mol. The standard InChI is InChI=1S/C37H43F4N5O8S/c1-21-29-25(24-12-11-23(38)17-27(24)42-21)13-14-35(53-29)19-28-30(47)44-36(32(49)46-15-16-55(46,51)52)18-22(36)9-7-5-4-6-8-10-26(31(48)45(28)20-35)43-33(50)54-34(2,3)37(39,40)41/h7,9,11-12,17,22,26,28H,4-6,8,10,13-16,18-20H2,1-3H3,(H,43,50)(H,44,47). The number of ether oxygens (including phenoxy) is 2. The summed E-state index contributed by atoms with van der Waals surface area (Å²) in [5.41, 5.74) is -3.97. The van der Waals surface area contributed by atoms with E-state index in [1.165, 1.54) is 17.0 Å². The van der Waals surface area contributed by atoms with Gasteiger partial charge in [-0.1, -0.05) is 25.0 Å². The first kappa shape index (κ1) is 38.8. The van der Waals surface area contributed by atoms with Crippen LogP contribution in [-0.4, -0.2) is 100 Å². The second kappa shape index (κ2) is 13.6. The van der Waals surface area contributed by atoms with Crippen molar-refractivity contribution < 1.29 is 54.6 Å². The SMILES string of the molecule is Cc1nc2cc(F)ccc2c2c1OC1(CC2)CC2C(=O)NC3(C(=O)N4CCS4(=O)=O)CC3C=CCCCCCC(NC(=O)OC(C)(C)C(F)(F)F)C(=O)N2C1. The van der Waals surface area contributed by atoms with Crippen LogP contribution in [0.5, 0.6) is 5.75 Å². The molecule has 3 fully saturated rings. The van der Waals surface area contributed by atoms with Crippen LogP contribution in [0.25, 0.3) is 10.9 Å². The zero-order chi connectivity index (χ0) is 39.7. The molecule has 0 radical (unpaired) electrons. The van der Waals surface area contributed by atoms with Crippen LogP contribution in [0, 0.1) is 18.7 Å². The largest absolute Gasteiger partial charge is 0.483 e. The van der Waals surface area contributed by atoms with Crippen LogP contribution in [0.1, 0.15) is 76.5 Å². The molecule has 7 rings (SSSR count). The molecule has 2 aromatic rings. The summed E-state index contributed by atoms with van der Waals surface area (Å²) in [7, 11) is -3.83. The number of benzene rings is 1. The summed E-state index contributed by atoms with van der Waals surface area (Å²) in [6.45, 7) is 2.87. The number of sulfonamides is 1. The Kier molecular flexibility index (Phi) is 9.60. The Balaban J connectivity index is 1.24. The van der Waals surface area contributed by atoms with Gasteiger partial charge in [-0.2, -0.15) is 13.2 Å². The number of allylic oxidation sites excluding steroid dienone is 1. The Labute approximate surface area is 315 Å². The minimum Gasteiger partial charge on any atom is -0.483 e. The molecule has 1 spiro atoms. The van der Waals surface area contributed by atoms with Gasteiger partial charge < -0.3 is 25.0 Å². The number of hydrogen-bond acceptors (Lipinski definition) is 9. The van der Waals surface area contributed by atoms with Gasteiger partial charge in [-0.15, -0.1) is 0 Å². The molecule has 1 aliphatic carbocycles. The molecule has 4 aliphatic heterocycles. The van der Waals surface area contributed by atoms with Gasteiger partial charge in [0.05, 0.1) is 30.1 Å². The number of amides is 4. The molecule has 0 bridgehead atoms. The highest BCUT2D eigenvalue weighted by atomic mass is 32.2. The van der Waals surface area contributed by atoms with Crippen molar-refractivity contribution in [2.45, 2.75) is 114 Å². The maximum atomic E-state index is 14.6. The van der Waals surface area contributed by atoms with Gasteiger partial charge in [0.25, 0.3) is 5.91 Å². The van der Waals surface area contributed by atoms with E-state index in [0.717, 1.165) is 9.87 Å². The Morgan fingerprint density at radius 2 is 1.89 bits per heavy atom. The smallest absolute Gasteiger partial charge is 0.427 e. The van der Waals surface area contributed by atoms with Crippen molar-refractivity contribution >= 4 is 44.7 Å². The second-order valence-corrected chi connectivity index (χ2v) is 17.8. The number of nitrogens with one attached hydrogen (secondary N) is 2. The van der Waals surface area contributed by atoms with E-state index >= 15 is 0 Å². The van der Waals surface area contributed by atoms with E-state index in [1.54, 1.807) is 19.1 Å². The lowest BCUT2D eigenvalue weighted by molar-refractivity contribution is -0.244. The van der Waals surface area contributed by atoms with Crippen LogP contribution in [0.2, 0.25) is 0 Å². The van der Waals surface area contributed by atoms with Crippen molar-refractivity contribution in [3.8, 4) is 5.75 Å². The highest BCUT2D eigenvalue weighted by Crippen LogP contribution is 2.49. The third kappa shape index (κ3) is 7.10. The van der Waals surface area contributed by atoms with Crippen LogP contribution in [0.4, 0.5) is 22.4 Å². The first-order chi connectivity index (χ1) is 25.8. The highest BCUT2D eigenvalue weighted by molar-refractivity contribution is 7.90. The van der Waals surface area contributed by atoms with Gasteiger partial charge in [0.2, 0.25) is 27.4 Å². The Morgan fingerprint density at radius 1 is 1.13 bits per heavy atom. The van der Waals surface area contributed by atoms with Crippen molar-refractivity contribution in [1.29, 1.82) is 0 Å². The molecule has 1 aromatic carbocycles. The quantitative estimate of drug-likeness (QED) is 0.340. The minimum absolute atomic E-state index is 0.0229. The number of aromatic nitrogens is 1. The number of alkyl carbamates (subject to hydrolysis) is 1. The highest BCUT2D eigenvalue weighted by Gasteiger charge is 2.65. The number of aryl methyl sites for hydroxylation is 2. The van der Waals surface area contributed by atoms with Gasteiger partial charge in [-0.3, -0.25) is 14.4 Å². The molecule has 2 saturated heterocycles.